The van der Waals surface area contributed by atoms with E-state index in [0.29, 0.717) is 0 Å². The number of rotatable bonds is 1. The molecule has 1 aliphatic rings. The number of hydrogen-bond donors (Lipinski definition) is 0. The number of hydrogen-bond acceptors (Lipinski definition) is 1. The molecule has 0 aromatic heterocycles. The molecule has 1 saturated heterocycles. The van der Waals surface area contributed by atoms with Crippen molar-refractivity contribution < 1.29 is 0 Å². The largest absolute Gasteiger partial charge is 0.304 e. The molecule has 1 nitrogen and oxygen atoms in total. The molecule has 0 aliphatic carbocycles. The van der Waals surface area contributed by atoms with Crippen LogP contribution < -0.4 is 0 Å². The maximum atomic E-state index is 2.47. The normalized spacial score (nSPS) is 34.6. The summed E-state index contributed by atoms with van der Waals surface area (Å²) in [5, 5.41) is 0. The number of piperidine rings is 1. The maximum Gasteiger partial charge on any atom is 0.00666 e. The molecule has 1 fully saturated rings. The van der Waals surface area contributed by atoms with Crippen molar-refractivity contribution in [1.29, 1.82) is 0 Å². The quantitative estimate of drug-likeness (QED) is 0.562. The zero-order chi connectivity index (χ0) is 8.43. The second kappa shape index (κ2) is 3.57. The Kier molecular flexibility index (Phi) is 2.94. The summed E-state index contributed by atoms with van der Waals surface area (Å²) in [7, 11) is 2.24. The third kappa shape index (κ3) is 2.19. The molecular formula is C10H21N. The summed E-state index contributed by atoms with van der Waals surface area (Å²) in [6.45, 7) is 8.34. The van der Waals surface area contributed by atoms with E-state index in [0.717, 1.165) is 17.9 Å². The summed E-state index contributed by atoms with van der Waals surface area (Å²) < 4.78 is 0. The van der Waals surface area contributed by atoms with E-state index < -0.39 is 0 Å². The Morgan fingerprint density at radius 1 is 1.36 bits per heavy atom. The molecule has 0 unspecified atom stereocenters. The van der Waals surface area contributed by atoms with Gasteiger partial charge >= 0.3 is 0 Å². The van der Waals surface area contributed by atoms with Crippen LogP contribution in [0.3, 0.4) is 0 Å². The lowest BCUT2D eigenvalue weighted by Crippen LogP contribution is -2.39. The first-order valence-electron chi connectivity index (χ1n) is 4.81. The molecule has 0 aromatic rings. The molecule has 0 bridgehead atoms. The lowest BCUT2D eigenvalue weighted by molar-refractivity contribution is 0.129. The van der Waals surface area contributed by atoms with Gasteiger partial charge in [-0.3, -0.25) is 0 Å². The van der Waals surface area contributed by atoms with Crippen molar-refractivity contribution in [3.63, 3.8) is 0 Å². The van der Waals surface area contributed by atoms with Gasteiger partial charge in [0, 0.05) is 6.04 Å². The molecule has 66 valence electrons. The third-order valence-electron chi connectivity index (χ3n) is 3.19. The van der Waals surface area contributed by atoms with Crippen molar-refractivity contribution in [2.75, 3.05) is 13.6 Å². The highest BCUT2D eigenvalue weighted by atomic mass is 15.1. The number of likely N-dealkylation sites (tertiary alicyclic amines) is 1. The van der Waals surface area contributed by atoms with E-state index in [1.807, 2.05) is 0 Å². The monoisotopic (exact) mass is 155 g/mol. The Morgan fingerprint density at radius 3 is 2.45 bits per heavy atom. The second-order valence-corrected chi connectivity index (χ2v) is 4.36. The van der Waals surface area contributed by atoms with Crippen LogP contribution >= 0.6 is 0 Å². The van der Waals surface area contributed by atoms with Crippen molar-refractivity contribution in [2.24, 2.45) is 11.8 Å². The minimum atomic E-state index is 0.802. The Morgan fingerprint density at radius 2 is 2.00 bits per heavy atom. The zero-order valence-electron chi connectivity index (χ0n) is 8.30. The van der Waals surface area contributed by atoms with Gasteiger partial charge in [-0.1, -0.05) is 13.8 Å². The van der Waals surface area contributed by atoms with Gasteiger partial charge in [0.05, 0.1) is 0 Å². The van der Waals surface area contributed by atoms with E-state index in [-0.39, 0.29) is 0 Å². The molecule has 0 N–H and O–H groups in total. The zero-order valence-corrected chi connectivity index (χ0v) is 8.30. The minimum Gasteiger partial charge on any atom is -0.304 e. The standard InChI is InChI=1S/C10H21N/c1-8(2)10-5-6-11(4)9(3)7-10/h8-10H,5-7H2,1-4H3/t9-,10+/m1/s1. The van der Waals surface area contributed by atoms with Gasteiger partial charge in [0.1, 0.15) is 0 Å². The molecule has 0 radical (unpaired) electrons. The lowest BCUT2D eigenvalue weighted by Gasteiger charge is -2.36. The highest BCUT2D eigenvalue weighted by Gasteiger charge is 2.24. The predicted octanol–water partition coefficient (Wildman–Crippen LogP) is 2.37. The van der Waals surface area contributed by atoms with Crippen molar-refractivity contribution in [2.45, 2.75) is 39.7 Å². The highest BCUT2D eigenvalue weighted by molar-refractivity contribution is 4.77. The van der Waals surface area contributed by atoms with Crippen LogP contribution in [-0.4, -0.2) is 24.5 Å². The van der Waals surface area contributed by atoms with Gasteiger partial charge in [-0.15, -0.1) is 0 Å². The van der Waals surface area contributed by atoms with Crippen molar-refractivity contribution in [3.8, 4) is 0 Å². The summed E-state index contributed by atoms with van der Waals surface area (Å²) in [6.07, 6.45) is 2.80. The molecule has 0 saturated carbocycles. The second-order valence-electron chi connectivity index (χ2n) is 4.36. The van der Waals surface area contributed by atoms with Gasteiger partial charge in [0.2, 0.25) is 0 Å². The van der Waals surface area contributed by atoms with E-state index in [2.05, 4.69) is 32.7 Å². The van der Waals surface area contributed by atoms with Crippen LogP contribution in [0.1, 0.15) is 33.6 Å². The Bertz CT molecular complexity index is 120. The molecule has 0 amide bonds. The van der Waals surface area contributed by atoms with Crippen LogP contribution in [0.2, 0.25) is 0 Å². The van der Waals surface area contributed by atoms with Gasteiger partial charge in [-0.2, -0.15) is 0 Å². The Labute approximate surface area is 70.8 Å². The van der Waals surface area contributed by atoms with Crippen LogP contribution in [-0.2, 0) is 0 Å². The van der Waals surface area contributed by atoms with E-state index in [9.17, 15) is 0 Å². The van der Waals surface area contributed by atoms with Crippen molar-refractivity contribution in [1.82, 2.24) is 4.90 Å². The average Bonchev–Trinajstić information content (AvgIpc) is 1.94. The van der Waals surface area contributed by atoms with Gasteiger partial charge in [-0.25, -0.2) is 0 Å². The van der Waals surface area contributed by atoms with Gasteiger partial charge < -0.3 is 4.90 Å². The van der Waals surface area contributed by atoms with Crippen LogP contribution in [0.25, 0.3) is 0 Å². The first-order valence-corrected chi connectivity index (χ1v) is 4.81. The summed E-state index contributed by atoms with van der Waals surface area (Å²) in [5.41, 5.74) is 0. The van der Waals surface area contributed by atoms with Gasteiger partial charge in [-0.05, 0) is 45.2 Å². The molecule has 1 rings (SSSR count). The van der Waals surface area contributed by atoms with E-state index in [1.165, 1.54) is 19.4 Å². The highest BCUT2D eigenvalue weighted by Crippen LogP contribution is 2.27. The first kappa shape index (κ1) is 9.05. The molecular weight excluding hydrogens is 134 g/mol. The lowest BCUT2D eigenvalue weighted by atomic mass is 9.84. The predicted molar refractivity (Wildman–Crippen MR) is 49.7 cm³/mol. The Balaban J connectivity index is 2.40. The fraction of sp³-hybridized carbons (Fsp3) is 1.00. The molecule has 11 heavy (non-hydrogen) atoms. The topological polar surface area (TPSA) is 3.24 Å². The van der Waals surface area contributed by atoms with E-state index in [1.54, 1.807) is 0 Å². The van der Waals surface area contributed by atoms with Crippen LogP contribution in [0, 0.1) is 11.8 Å². The van der Waals surface area contributed by atoms with Gasteiger partial charge in [0.15, 0.2) is 0 Å². The summed E-state index contributed by atoms with van der Waals surface area (Å²) in [4.78, 5) is 2.47. The molecule has 1 heterocycles. The summed E-state index contributed by atoms with van der Waals surface area (Å²) in [6, 6.07) is 0.802. The fourth-order valence-electron chi connectivity index (χ4n) is 1.93. The SMILES string of the molecule is CC(C)[C@H]1CCN(C)[C@H](C)C1. The van der Waals surface area contributed by atoms with Crippen LogP contribution in [0.5, 0.6) is 0 Å². The molecule has 0 spiro atoms. The molecule has 2 atom stereocenters. The van der Waals surface area contributed by atoms with Crippen molar-refractivity contribution in [3.05, 3.63) is 0 Å². The van der Waals surface area contributed by atoms with Crippen LogP contribution in [0.15, 0.2) is 0 Å². The fourth-order valence-corrected chi connectivity index (χ4v) is 1.93. The van der Waals surface area contributed by atoms with E-state index in [4.69, 9.17) is 0 Å². The third-order valence-corrected chi connectivity index (χ3v) is 3.19. The Hall–Kier alpha value is -0.0400. The molecule has 1 heteroatoms. The first-order chi connectivity index (χ1) is 5.11. The van der Waals surface area contributed by atoms with E-state index >= 15 is 0 Å². The van der Waals surface area contributed by atoms with Gasteiger partial charge in [0.25, 0.3) is 0 Å². The smallest absolute Gasteiger partial charge is 0.00666 e. The summed E-state index contributed by atoms with van der Waals surface area (Å²) >= 11 is 0. The van der Waals surface area contributed by atoms with Crippen molar-refractivity contribution >= 4 is 0 Å². The number of nitrogens with zero attached hydrogens (tertiary/aromatic N) is 1. The molecule has 0 aromatic carbocycles. The summed E-state index contributed by atoms with van der Waals surface area (Å²) in [5.74, 6) is 1.85. The maximum absolute atomic E-state index is 2.47. The average molecular weight is 155 g/mol. The molecule has 1 aliphatic heterocycles. The minimum absolute atomic E-state index is 0.802. The van der Waals surface area contributed by atoms with Crippen LogP contribution in [0.4, 0.5) is 0 Å².